The quantitative estimate of drug-likeness (QED) is 0.679. The van der Waals surface area contributed by atoms with Crippen molar-refractivity contribution in [3.8, 4) is 12.1 Å². The molecule has 0 unspecified atom stereocenters. The number of benzene rings is 1. The Kier molecular flexibility index (Phi) is 3.01. The highest BCUT2D eigenvalue weighted by molar-refractivity contribution is 6.43. The number of hydrogen-bond donors (Lipinski definition) is 0. The normalized spacial score (nSPS) is 9.29. The zero-order chi connectivity index (χ0) is 10.9. The predicted molar refractivity (Wildman–Crippen MR) is 55.4 cm³/mol. The minimum atomic E-state index is 0.305. The van der Waals surface area contributed by atoms with Crippen LogP contribution in [0.4, 0.5) is 0 Å². The molecule has 1 rings (SSSR count). The third-order valence-corrected chi connectivity index (χ3v) is 3.12. The average molecular weight is 225 g/mol. The average Bonchev–Trinajstić information content (AvgIpc) is 2.20. The summed E-state index contributed by atoms with van der Waals surface area (Å²) in [6.07, 6.45) is 0. The Hall–Kier alpha value is -1.22. The van der Waals surface area contributed by atoms with Crippen LogP contribution in [0.1, 0.15) is 22.3 Å². The molecule has 0 heterocycles. The van der Waals surface area contributed by atoms with Gasteiger partial charge in [-0.1, -0.05) is 23.2 Å². The largest absolute Gasteiger partial charge is 0.192 e. The van der Waals surface area contributed by atoms with Crippen LogP contribution in [0.2, 0.25) is 10.0 Å². The second kappa shape index (κ2) is 3.88. The molecule has 0 atom stereocenters. The zero-order valence-corrected chi connectivity index (χ0v) is 9.16. The molecule has 0 aliphatic heterocycles. The Balaban J connectivity index is 3.79. The molecule has 1 aromatic carbocycles. The van der Waals surface area contributed by atoms with Crippen molar-refractivity contribution in [3.63, 3.8) is 0 Å². The van der Waals surface area contributed by atoms with Gasteiger partial charge in [-0.3, -0.25) is 0 Å². The zero-order valence-electron chi connectivity index (χ0n) is 7.65. The van der Waals surface area contributed by atoms with Gasteiger partial charge < -0.3 is 0 Å². The number of rotatable bonds is 0. The smallest absolute Gasteiger partial charge is 0.101 e. The van der Waals surface area contributed by atoms with Gasteiger partial charge in [0, 0.05) is 0 Å². The highest BCUT2D eigenvalue weighted by atomic mass is 35.5. The van der Waals surface area contributed by atoms with Crippen LogP contribution in [-0.4, -0.2) is 0 Å². The van der Waals surface area contributed by atoms with Crippen molar-refractivity contribution in [1.82, 2.24) is 0 Å². The van der Waals surface area contributed by atoms with Crippen molar-refractivity contribution in [2.45, 2.75) is 13.8 Å². The summed E-state index contributed by atoms with van der Waals surface area (Å²) in [5, 5.41) is 18.4. The first-order valence-electron chi connectivity index (χ1n) is 3.83. The van der Waals surface area contributed by atoms with E-state index in [4.69, 9.17) is 33.7 Å². The van der Waals surface area contributed by atoms with E-state index in [0.717, 1.165) is 0 Å². The van der Waals surface area contributed by atoms with Crippen molar-refractivity contribution in [2.75, 3.05) is 0 Å². The Morgan fingerprint density at radius 1 is 0.857 bits per heavy atom. The number of nitrogens with zero attached hydrogens (tertiary/aromatic N) is 2. The van der Waals surface area contributed by atoms with Crippen LogP contribution in [0, 0.1) is 36.5 Å². The van der Waals surface area contributed by atoms with Crippen LogP contribution >= 0.6 is 23.2 Å². The first-order valence-corrected chi connectivity index (χ1v) is 4.58. The van der Waals surface area contributed by atoms with Crippen LogP contribution in [-0.2, 0) is 0 Å². The lowest BCUT2D eigenvalue weighted by molar-refractivity contribution is 1.30. The Morgan fingerprint density at radius 2 is 1.14 bits per heavy atom. The fourth-order valence-electron chi connectivity index (χ4n) is 1.20. The van der Waals surface area contributed by atoms with Gasteiger partial charge in [-0.2, -0.15) is 10.5 Å². The minimum Gasteiger partial charge on any atom is -0.192 e. The Morgan fingerprint density at radius 3 is 1.36 bits per heavy atom. The first kappa shape index (κ1) is 10.9. The van der Waals surface area contributed by atoms with E-state index in [-0.39, 0.29) is 0 Å². The molecule has 70 valence electrons. The number of hydrogen-bond acceptors (Lipinski definition) is 2. The Labute approximate surface area is 92.3 Å². The summed E-state index contributed by atoms with van der Waals surface area (Å²) in [4.78, 5) is 0. The molecule has 0 amide bonds. The van der Waals surface area contributed by atoms with Crippen LogP contribution < -0.4 is 0 Å². The second-order valence-corrected chi connectivity index (χ2v) is 3.61. The van der Waals surface area contributed by atoms with Crippen LogP contribution in [0.15, 0.2) is 0 Å². The minimum absolute atomic E-state index is 0.305. The molecule has 0 aliphatic carbocycles. The molecule has 0 saturated carbocycles. The molecule has 4 heteroatoms. The van der Waals surface area contributed by atoms with Gasteiger partial charge in [-0.25, -0.2) is 0 Å². The van der Waals surface area contributed by atoms with E-state index >= 15 is 0 Å². The van der Waals surface area contributed by atoms with E-state index in [2.05, 4.69) is 0 Å². The first-order chi connectivity index (χ1) is 6.54. The number of halogens is 2. The molecule has 1 aromatic rings. The fraction of sp³-hybridized carbons (Fsp3) is 0.200. The molecule has 0 spiro atoms. The van der Waals surface area contributed by atoms with Crippen LogP contribution in [0.25, 0.3) is 0 Å². The summed E-state index contributed by atoms with van der Waals surface area (Å²) in [5.74, 6) is 0. The van der Waals surface area contributed by atoms with Crippen molar-refractivity contribution in [3.05, 3.63) is 32.3 Å². The van der Waals surface area contributed by atoms with Crippen LogP contribution in [0.5, 0.6) is 0 Å². The molecule has 0 aromatic heterocycles. The van der Waals surface area contributed by atoms with E-state index in [0.29, 0.717) is 32.3 Å². The van der Waals surface area contributed by atoms with E-state index < -0.39 is 0 Å². The lowest BCUT2D eigenvalue weighted by Gasteiger charge is -2.08. The van der Waals surface area contributed by atoms with E-state index in [1.54, 1.807) is 13.8 Å². The molecule has 2 nitrogen and oxygen atoms in total. The van der Waals surface area contributed by atoms with Gasteiger partial charge in [0.2, 0.25) is 0 Å². The monoisotopic (exact) mass is 224 g/mol. The van der Waals surface area contributed by atoms with Crippen molar-refractivity contribution in [2.24, 2.45) is 0 Å². The van der Waals surface area contributed by atoms with Gasteiger partial charge in [0.25, 0.3) is 0 Å². The highest BCUT2D eigenvalue weighted by Gasteiger charge is 2.16. The van der Waals surface area contributed by atoms with E-state index in [1.165, 1.54) is 0 Å². The molecule has 0 radical (unpaired) electrons. The molecular weight excluding hydrogens is 219 g/mol. The van der Waals surface area contributed by atoms with Gasteiger partial charge in [-0.15, -0.1) is 0 Å². The predicted octanol–water partition coefficient (Wildman–Crippen LogP) is 3.35. The fourth-order valence-corrected chi connectivity index (χ4v) is 1.68. The van der Waals surface area contributed by atoms with E-state index in [9.17, 15) is 0 Å². The maximum Gasteiger partial charge on any atom is 0.101 e. The third kappa shape index (κ3) is 1.44. The number of nitriles is 2. The summed E-state index contributed by atoms with van der Waals surface area (Å²) in [7, 11) is 0. The summed E-state index contributed by atoms with van der Waals surface area (Å²) in [5.41, 5.74) is 1.72. The summed E-state index contributed by atoms with van der Waals surface area (Å²) < 4.78 is 0. The lowest BCUT2D eigenvalue weighted by atomic mass is 9.99. The molecule has 0 bridgehead atoms. The Bertz CT molecular complexity index is 434. The molecule has 0 saturated heterocycles. The van der Waals surface area contributed by atoms with Gasteiger partial charge in [0.15, 0.2) is 0 Å². The molecule has 0 N–H and O–H groups in total. The SMILES string of the molecule is Cc1c(Cl)c(Cl)c(C)c(C#N)c1C#N. The second-order valence-electron chi connectivity index (χ2n) is 2.85. The summed E-state index contributed by atoms with van der Waals surface area (Å²) in [6.45, 7) is 3.35. The standard InChI is InChI=1S/C10H6Cl2N2/c1-5-7(3-13)8(4-14)6(2)10(12)9(5)11/h1-2H3. The highest BCUT2D eigenvalue weighted by Crippen LogP contribution is 2.33. The topological polar surface area (TPSA) is 47.6 Å². The van der Waals surface area contributed by atoms with Gasteiger partial charge in [-0.05, 0) is 25.0 Å². The summed E-state index contributed by atoms with van der Waals surface area (Å²) >= 11 is 11.8. The van der Waals surface area contributed by atoms with Gasteiger partial charge in [0.05, 0.1) is 21.2 Å². The van der Waals surface area contributed by atoms with E-state index in [1.807, 2.05) is 12.1 Å². The molecule has 14 heavy (non-hydrogen) atoms. The molecule has 0 fully saturated rings. The third-order valence-electron chi connectivity index (χ3n) is 2.07. The molecule has 0 aliphatic rings. The van der Waals surface area contributed by atoms with Crippen LogP contribution in [0.3, 0.4) is 0 Å². The van der Waals surface area contributed by atoms with Gasteiger partial charge in [0.1, 0.15) is 12.1 Å². The summed E-state index contributed by atoms with van der Waals surface area (Å²) in [6, 6.07) is 3.92. The van der Waals surface area contributed by atoms with Crippen molar-refractivity contribution in [1.29, 1.82) is 10.5 Å². The lowest BCUT2D eigenvalue weighted by Crippen LogP contribution is -1.95. The maximum absolute atomic E-state index is 8.87. The maximum atomic E-state index is 8.87. The van der Waals surface area contributed by atoms with Gasteiger partial charge >= 0.3 is 0 Å². The molecular formula is C10H6Cl2N2. The van der Waals surface area contributed by atoms with Crippen molar-refractivity contribution >= 4 is 23.2 Å². The van der Waals surface area contributed by atoms with Crippen molar-refractivity contribution < 1.29 is 0 Å².